The van der Waals surface area contributed by atoms with Gasteiger partial charge in [0.15, 0.2) is 0 Å². The van der Waals surface area contributed by atoms with Gasteiger partial charge < -0.3 is 15.6 Å². The highest BCUT2D eigenvalue weighted by atomic mass is 16.1. The second-order valence-electron chi connectivity index (χ2n) is 2.60. The molecule has 1 saturated heterocycles. The predicted molar refractivity (Wildman–Crippen MR) is 50.6 cm³/mol. The molecule has 2 heterocycles. The molecule has 0 aliphatic carbocycles. The normalized spacial score (nSPS) is 15.7. The third-order valence-electron chi connectivity index (χ3n) is 1.55. The molecule has 0 radical (unpaired) electrons. The van der Waals surface area contributed by atoms with E-state index in [4.69, 9.17) is 0 Å². The number of rotatable bonds is 0. The van der Waals surface area contributed by atoms with Gasteiger partial charge in [-0.15, -0.1) is 0 Å². The Labute approximate surface area is 76.6 Å². The summed E-state index contributed by atoms with van der Waals surface area (Å²) in [7, 11) is 0. The number of piperazine rings is 1. The number of nitrogens with zero attached hydrogens (tertiary/aromatic N) is 1. The highest BCUT2D eigenvalue weighted by Crippen LogP contribution is 1.65. The molecule has 13 heavy (non-hydrogen) atoms. The summed E-state index contributed by atoms with van der Waals surface area (Å²) in [6.07, 6.45) is 2.79. The highest BCUT2D eigenvalue weighted by molar-refractivity contribution is 4.76. The van der Waals surface area contributed by atoms with Crippen molar-refractivity contribution in [1.29, 1.82) is 0 Å². The van der Waals surface area contributed by atoms with Gasteiger partial charge in [-0.1, -0.05) is 0 Å². The van der Waals surface area contributed by atoms with E-state index in [-0.39, 0.29) is 5.56 Å². The van der Waals surface area contributed by atoms with E-state index < -0.39 is 0 Å². The van der Waals surface area contributed by atoms with Crippen LogP contribution >= 0.6 is 0 Å². The second kappa shape index (κ2) is 6.33. The molecule has 0 spiro atoms. The second-order valence-corrected chi connectivity index (χ2v) is 2.60. The van der Waals surface area contributed by atoms with Crippen molar-refractivity contribution < 1.29 is 0 Å². The van der Waals surface area contributed by atoms with Gasteiger partial charge >= 0.3 is 0 Å². The van der Waals surface area contributed by atoms with Crippen LogP contribution in [0.3, 0.4) is 0 Å². The lowest BCUT2D eigenvalue weighted by Crippen LogP contribution is -2.39. The zero-order chi connectivity index (χ0) is 9.36. The van der Waals surface area contributed by atoms with E-state index in [0.717, 1.165) is 26.2 Å². The standard InChI is InChI=1S/C4H4N2O.C4H10N2/c7-4-1-2-5-3-6-4;1-2-6-4-3-5-1/h1-3H,(H,5,6,7);5-6H,1-4H2. The van der Waals surface area contributed by atoms with Crippen molar-refractivity contribution in [3.8, 4) is 0 Å². The van der Waals surface area contributed by atoms with Gasteiger partial charge in [-0.2, -0.15) is 0 Å². The molecule has 5 heteroatoms. The van der Waals surface area contributed by atoms with E-state index in [2.05, 4.69) is 20.6 Å². The van der Waals surface area contributed by atoms with E-state index in [9.17, 15) is 4.79 Å². The van der Waals surface area contributed by atoms with Crippen molar-refractivity contribution in [1.82, 2.24) is 20.6 Å². The molecular weight excluding hydrogens is 168 g/mol. The zero-order valence-electron chi connectivity index (χ0n) is 7.42. The Hall–Kier alpha value is -1.20. The van der Waals surface area contributed by atoms with E-state index in [1.165, 1.54) is 18.6 Å². The average Bonchev–Trinajstić information content (AvgIpc) is 2.22. The van der Waals surface area contributed by atoms with E-state index in [1.54, 1.807) is 0 Å². The van der Waals surface area contributed by atoms with Crippen molar-refractivity contribution >= 4 is 0 Å². The average molecular weight is 182 g/mol. The van der Waals surface area contributed by atoms with Crippen LogP contribution < -0.4 is 16.2 Å². The van der Waals surface area contributed by atoms with Gasteiger partial charge in [0.05, 0.1) is 6.33 Å². The predicted octanol–water partition coefficient (Wildman–Crippen LogP) is -1.05. The summed E-state index contributed by atoms with van der Waals surface area (Å²) in [4.78, 5) is 16.1. The van der Waals surface area contributed by atoms with Crippen LogP contribution in [0.2, 0.25) is 0 Å². The number of hydrogen-bond donors (Lipinski definition) is 3. The molecule has 1 aliphatic heterocycles. The molecule has 1 fully saturated rings. The van der Waals surface area contributed by atoms with Gasteiger partial charge in [0.2, 0.25) is 0 Å². The van der Waals surface area contributed by atoms with E-state index >= 15 is 0 Å². The first-order valence-electron chi connectivity index (χ1n) is 4.30. The summed E-state index contributed by atoms with van der Waals surface area (Å²) >= 11 is 0. The van der Waals surface area contributed by atoms with Crippen LogP contribution in [-0.2, 0) is 0 Å². The summed E-state index contributed by atoms with van der Waals surface area (Å²) in [6.45, 7) is 4.56. The molecule has 0 aromatic carbocycles. The van der Waals surface area contributed by atoms with Crippen LogP contribution in [0, 0.1) is 0 Å². The molecule has 1 aromatic rings. The maximum Gasteiger partial charge on any atom is 0.250 e. The van der Waals surface area contributed by atoms with Crippen LogP contribution in [0.1, 0.15) is 0 Å². The quantitative estimate of drug-likeness (QED) is 0.479. The molecule has 3 N–H and O–H groups in total. The smallest absolute Gasteiger partial charge is 0.250 e. The van der Waals surface area contributed by atoms with Crippen LogP contribution in [-0.4, -0.2) is 36.1 Å². The summed E-state index contributed by atoms with van der Waals surface area (Å²) in [6, 6.07) is 1.36. The van der Waals surface area contributed by atoms with Crippen molar-refractivity contribution in [3.63, 3.8) is 0 Å². The Kier molecular flexibility index (Phi) is 4.81. The molecule has 72 valence electrons. The fourth-order valence-electron chi connectivity index (χ4n) is 0.906. The molecule has 5 nitrogen and oxygen atoms in total. The van der Waals surface area contributed by atoms with E-state index in [0.29, 0.717) is 0 Å². The first kappa shape index (κ1) is 9.88. The minimum atomic E-state index is -0.116. The molecule has 2 rings (SSSR count). The SMILES string of the molecule is C1CNCCN1.O=c1ccnc[nH]1. The number of aromatic amines is 1. The number of hydrogen-bond acceptors (Lipinski definition) is 4. The fourth-order valence-corrected chi connectivity index (χ4v) is 0.906. The van der Waals surface area contributed by atoms with Gasteiger partial charge in [0.25, 0.3) is 5.56 Å². The maximum absolute atomic E-state index is 10.2. The first-order valence-corrected chi connectivity index (χ1v) is 4.30. The maximum atomic E-state index is 10.2. The lowest BCUT2D eigenvalue weighted by molar-refractivity contribution is 0.534. The lowest BCUT2D eigenvalue weighted by Gasteiger charge is -2.11. The van der Waals surface area contributed by atoms with Crippen LogP contribution in [0.25, 0.3) is 0 Å². The van der Waals surface area contributed by atoms with Crippen molar-refractivity contribution in [2.24, 2.45) is 0 Å². The van der Waals surface area contributed by atoms with Crippen LogP contribution in [0.15, 0.2) is 23.4 Å². The number of nitrogens with one attached hydrogen (secondary N) is 3. The molecule has 1 aliphatic rings. The third-order valence-corrected chi connectivity index (χ3v) is 1.55. The molecule has 0 unspecified atom stereocenters. The summed E-state index contributed by atoms with van der Waals surface area (Å²) in [5.41, 5.74) is -0.116. The summed E-state index contributed by atoms with van der Waals surface area (Å²) < 4.78 is 0. The Bertz CT molecular complexity index is 240. The fraction of sp³-hybridized carbons (Fsp3) is 0.500. The summed E-state index contributed by atoms with van der Waals surface area (Å²) in [5.74, 6) is 0. The highest BCUT2D eigenvalue weighted by Gasteiger charge is 1.91. The molecule has 0 bridgehead atoms. The minimum Gasteiger partial charge on any atom is -0.314 e. The summed E-state index contributed by atoms with van der Waals surface area (Å²) in [5, 5.41) is 6.44. The van der Waals surface area contributed by atoms with Gasteiger partial charge in [-0.05, 0) is 0 Å². The largest absolute Gasteiger partial charge is 0.314 e. The molecule has 0 saturated carbocycles. The van der Waals surface area contributed by atoms with Crippen LogP contribution in [0.4, 0.5) is 0 Å². The van der Waals surface area contributed by atoms with Gasteiger partial charge in [0.1, 0.15) is 0 Å². The molecule has 0 amide bonds. The topological polar surface area (TPSA) is 69.8 Å². The molecule has 0 atom stereocenters. The lowest BCUT2D eigenvalue weighted by atomic mass is 10.4. The van der Waals surface area contributed by atoms with Gasteiger partial charge in [0, 0.05) is 38.4 Å². The Morgan fingerprint density at radius 3 is 2.00 bits per heavy atom. The van der Waals surface area contributed by atoms with Crippen molar-refractivity contribution in [3.05, 3.63) is 28.9 Å². The zero-order valence-corrected chi connectivity index (χ0v) is 7.42. The first-order chi connectivity index (χ1) is 6.39. The Morgan fingerprint density at radius 1 is 1.15 bits per heavy atom. The monoisotopic (exact) mass is 182 g/mol. The van der Waals surface area contributed by atoms with Crippen LogP contribution in [0.5, 0.6) is 0 Å². The minimum absolute atomic E-state index is 0.116. The van der Waals surface area contributed by atoms with Gasteiger partial charge in [-0.3, -0.25) is 4.79 Å². The Balaban J connectivity index is 0.000000132. The molecular formula is C8H14N4O. The Morgan fingerprint density at radius 2 is 1.77 bits per heavy atom. The number of aromatic nitrogens is 2. The van der Waals surface area contributed by atoms with Gasteiger partial charge in [-0.25, -0.2) is 4.98 Å². The van der Waals surface area contributed by atoms with Crippen molar-refractivity contribution in [2.45, 2.75) is 0 Å². The number of H-pyrrole nitrogens is 1. The van der Waals surface area contributed by atoms with Crippen molar-refractivity contribution in [2.75, 3.05) is 26.2 Å². The van der Waals surface area contributed by atoms with E-state index in [1.807, 2.05) is 0 Å². The third kappa shape index (κ3) is 5.10. The molecule has 1 aromatic heterocycles.